The van der Waals surface area contributed by atoms with Crippen molar-refractivity contribution in [3.05, 3.63) is 109 Å². The van der Waals surface area contributed by atoms with E-state index in [0.717, 1.165) is 16.8 Å². The smallest absolute Gasteiger partial charge is 0.0777 e. The van der Waals surface area contributed by atoms with Crippen molar-refractivity contribution in [2.24, 2.45) is 0 Å². The Hall–Kier alpha value is -3.49. The molecule has 0 aliphatic carbocycles. The van der Waals surface area contributed by atoms with Gasteiger partial charge in [-0.3, -0.25) is 0 Å². The molecule has 1 aromatic heterocycles. The Morgan fingerprint density at radius 1 is 0.576 bits per heavy atom. The maximum absolute atomic E-state index is 5.20. The fraction of sp³-hybridized carbons (Fsp3) is 0.129. The molecule has 162 valence electrons. The summed E-state index contributed by atoms with van der Waals surface area (Å²) in [7, 11) is -1.51. The molecule has 2 heteroatoms. The van der Waals surface area contributed by atoms with E-state index in [1.807, 2.05) is 0 Å². The van der Waals surface area contributed by atoms with Gasteiger partial charge in [-0.05, 0) is 59.0 Å². The molecule has 0 amide bonds. The normalized spacial score (nSPS) is 11.6. The molecule has 0 aliphatic heterocycles. The third-order valence-electron chi connectivity index (χ3n) is 6.24. The summed E-state index contributed by atoms with van der Waals surface area (Å²) in [6.07, 6.45) is 0. The lowest BCUT2D eigenvalue weighted by Crippen LogP contribution is -2.37. The summed E-state index contributed by atoms with van der Waals surface area (Å²) < 4.78 is 0. The van der Waals surface area contributed by atoms with Crippen molar-refractivity contribution in [1.82, 2.24) is 4.98 Å². The highest BCUT2D eigenvalue weighted by Gasteiger charge is 2.19. The third kappa shape index (κ3) is 4.40. The minimum Gasteiger partial charge on any atom is -0.248 e. The number of pyridine rings is 1. The summed E-state index contributed by atoms with van der Waals surface area (Å²) in [6.45, 7) is 9.37. The molecule has 0 radical (unpaired) electrons. The van der Waals surface area contributed by atoms with Crippen LogP contribution in [0.3, 0.4) is 0 Å². The zero-order chi connectivity index (χ0) is 23.0. The molecule has 4 aromatic carbocycles. The summed E-state index contributed by atoms with van der Waals surface area (Å²) in [6, 6.07) is 37.2. The van der Waals surface area contributed by atoms with Gasteiger partial charge < -0.3 is 0 Å². The first-order valence-corrected chi connectivity index (χ1v) is 15.1. The number of fused-ring (bicyclic) bond motifs is 1. The van der Waals surface area contributed by atoms with Crippen molar-refractivity contribution < 1.29 is 0 Å². The van der Waals surface area contributed by atoms with Crippen molar-refractivity contribution >= 4 is 24.2 Å². The lowest BCUT2D eigenvalue weighted by atomic mass is 9.97. The molecular formula is C31H29NSi. The highest BCUT2D eigenvalue weighted by atomic mass is 28.3. The second-order valence-electron chi connectivity index (χ2n) is 9.86. The lowest BCUT2D eigenvalue weighted by Gasteiger charge is -2.20. The molecule has 0 unspecified atom stereocenters. The van der Waals surface area contributed by atoms with E-state index < -0.39 is 8.07 Å². The number of nitrogens with zero attached hydrogens (tertiary/aromatic N) is 1. The number of benzene rings is 4. The van der Waals surface area contributed by atoms with Crippen LogP contribution in [0.2, 0.25) is 19.6 Å². The maximum Gasteiger partial charge on any atom is 0.0777 e. The monoisotopic (exact) mass is 443 g/mol. The van der Waals surface area contributed by atoms with Gasteiger partial charge in [-0.2, -0.15) is 0 Å². The number of hydrogen-bond acceptors (Lipinski definition) is 1. The van der Waals surface area contributed by atoms with Crippen LogP contribution < -0.4 is 5.19 Å². The van der Waals surface area contributed by atoms with E-state index in [-0.39, 0.29) is 0 Å². The van der Waals surface area contributed by atoms with Gasteiger partial charge in [0.1, 0.15) is 0 Å². The van der Waals surface area contributed by atoms with Crippen LogP contribution in [0.5, 0.6) is 0 Å². The van der Waals surface area contributed by atoms with Crippen molar-refractivity contribution in [2.45, 2.75) is 26.6 Å². The SMILES string of the molecule is Cc1cc(-c2ccccc2)cc(-c2ccc3c(-c4ccccc4)cc([Si](C)(C)C)cc3n2)c1. The topological polar surface area (TPSA) is 12.9 Å². The first-order valence-electron chi connectivity index (χ1n) is 11.6. The number of hydrogen-bond donors (Lipinski definition) is 0. The predicted molar refractivity (Wildman–Crippen MR) is 146 cm³/mol. The Morgan fingerprint density at radius 3 is 1.88 bits per heavy atom. The summed E-state index contributed by atoms with van der Waals surface area (Å²) in [5, 5.41) is 2.65. The summed E-state index contributed by atoms with van der Waals surface area (Å²) in [5.41, 5.74) is 9.50. The number of aromatic nitrogens is 1. The van der Waals surface area contributed by atoms with E-state index >= 15 is 0 Å². The van der Waals surface area contributed by atoms with E-state index in [0.29, 0.717) is 0 Å². The van der Waals surface area contributed by atoms with Crippen LogP contribution in [-0.4, -0.2) is 13.1 Å². The highest BCUT2D eigenvalue weighted by molar-refractivity contribution is 6.88. The molecule has 0 atom stereocenters. The molecule has 0 spiro atoms. The van der Waals surface area contributed by atoms with Crippen molar-refractivity contribution in [1.29, 1.82) is 0 Å². The average molecular weight is 444 g/mol. The van der Waals surface area contributed by atoms with E-state index in [9.17, 15) is 0 Å². The predicted octanol–water partition coefficient (Wildman–Crippen LogP) is 8.09. The summed E-state index contributed by atoms with van der Waals surface area (Å²) >= 11 is 0. The second kappa shape index (κ2) is 8.46. The molecule has 0 aliphatic rings. The molecule has 0 N–H and O–H groups in total. The fourth-order valence-electron chi connectivity index (χ4n) is 4.41. The van der Waals surface area contributed by atoms with Crippen LogP contribution in [0.15, 0.2) is 103 Å². The van der Waals surface area contributed by atoms with Crippen molar-refractivity contribution in [3.8, 4) is 33.5 Å². The van der Waals surface area contributed by atoms with E-state index in [1.54, 1.807) is 0 Å². The minimum atomic E-state index is -1.51. The van der Waals surface area contributed by atoms with Crippen LogP contribution in [0.25, 0.3) is 44.4 Å². The molecule has 1 heterocycles. The molecule has 0 saturated carbocycles. The molecule has 33 heavy (non-hydrogen) atoms. The van der Waals surface area contributed by atoms with E-state index in [1.165, 1.54) is 38.4 Å². The first-order chi connectivity index (χ1) is 15.9. The van der Waals surface area contributed by atoms with Gasteiger partial charge in [0.25, 0.3) is 0 Å². The van der Waals surface area contributed by atoms with Crippen LogP contribution in [0.4, 0.5) is 0 Å². The lowest BCUT2D eigenvalue weighted by molar-refractivity contribution is 1.38. The van der Waals surface area contributed by atoms with Gasteiger partial charge in [-0.25, -0.2) is 4.98 Å². The van der Waals surface area contributed by atoms with Gasteiger partial charge in [0, 0.05) is 10.9 Å². The van der Waals surface area contributed by atoms with Gasteiger partial charge in [-0.15, -0.1) is 0 Å². The summed E-state index contributed by atoms with van der Waals surface area (Å²) in [4.78, 5) is 5.20. The molecule has 0 bridgehead atoms. The van der Waals surface area contributed by atoms with Crippen LogP contribution in [-0.2, 0) is 0 Å². The van der Waals surface area contributed by atoms with Gasteiger partial charge >= 0.3 is 0 Å². The third-order valence-corrected chi connectivity index (χ3v) is 8.26. The van der Waals surface area contributed by atoms with Gasteiger partial charge in [0.05, 0.1) is 19.3 Å². The Balaban J connectivity index is 1.70. The van der Waals surface area contributed by atoms with Crippen LogP contribution in [0, 0.1) is 6.92 Å². The number of aryl methyl sites for hydroxylation is 1. The highest BCUT2D eigenvalue weighted by Crippen LogP contribution is 2.32. The average Bonchev–Trinajstić information content (AvgIpc) is 2.83. The number of rotatable bonds is 4. The Morgan fingerprint density at radius 2 is 1.21 bits per heavy atom. The van der Waals surface area contributed by atoms with Gasteiger partial charge in [0.15, 0.2) is 0 Å². The molecule has 1 nitrogen and oxygen atoms in total. The molecular weight excluding hydrogens is 414 g/mol. The Labute approximate surface area is 197 Å². The Bertz CT molecular complexity index is 1430. The van der Waals surface area contributed by atoms with E-state index in [2.05, 4.69) is 130 Å². The Kier molecular flexibility index (Phi) is 5.47. The van der Waals surface area contributed by atoms with Gasteiger partial charge in [-0.1, -0.05) is 104 Å². The zero-order valence-corrected chi connectivity index (χ0v) is 20.8. The zero-order valence-electron chi connectivity index (χ0n) is 19.8. The second-order valence-corrected chi connectivity index (χ2v) is 14.9. The first kappa shape index (κ1) is 21.4. The molecule has 5 rings (SSSR count). The molecule has 5 aromatic rings. The fourth-order valence-corrected chi connectivity index (χ4v) is 5.56. The van der Waals surface area contributed by atoms with Gasteiger partial charge in [0.2, 0.25) is 0 Å². The quantitative estimate of drug-likeness (QED) is 0.256. The van der Waals surface area contributed by atoms with Crippen LogP contribution in [0.1, 0.15) is 5.56 Å². The maximum atomic E-state index is 5.20. The van der Waals surface area contributed by atoms with Crippen molar-refractivity contribution in [2.75, 3.05) is 0 Å². The molecule has 0 fully saturated rings. The standard InChI is InChI=1S/C31H29NSi/c1-22-17-25(23-11-7-5-8-12-23)19-26(18-22)30-16-15-28-29(24-13-9-6-10-14-24)20-27(33(2,3)4)21-31(28)32-30/h5-21H,1-4H3. The minimum absolute atomic E-state index is 1.02. The van der Waals surface area contributed by atoms with Crippen molar-refractivity contribution in [3.63, 3.8) is 0 Å². The van der Waals surface area contributed by atoms with E-state index in [4.69, 9.17) is 4.98 Å². The molecule has 0 saturated heterocycles. The largest absolute Gasteiger partial charge is 0.248 e. The summed E-state index contributed by atoms with van der Waals surface area (Å²) in [5.74, 6) is 0. The van der Waals surface area contributed by atoms with Crippen LogP contribution >= 0.6 is 0 Å².